The number of nitrogens with zero attached hydrogens (tertiary/aromatic N) is 2. The molecule has 7 heteroatoms. The summed E-state index contributed by atoms with van der Waals surface area (Å²) in [4.78, 5) is 0. The first-order chi connectivity index (χ1) is 15.5. The van der Waals surface area contributed by atoms with Gasteiger partial charge in [-0.1, -0.05) is 23.8 Å². The third-order valence-electron chi connectivity index (χ3n) is 5.95. The Balaban J connectivity index is 1.65. The summed E-state index contributed by atoms with van der Waals surface area (Å²) in [5, 5.41) is 27.3. The Kier molecular flexibility index (Phi) is 4.81. The largest absolute Gasteiger partial charge is 0.507 e. The summed E-state index contributed by atoms with van der Waals surface area (Å²) >= 11 is 0. The Morgan fingerprint density at radius 1 is 0.969 bits per heavy atom. The molecule has 0 saturated heterocycles. The van der Waals surface area contributed by atoms with Crippen molar-refractivity contribution in [2.75, 3.05) is 14.2 Å². The lowest BCUT2D eigenvalue weighted by Gasteiger charge is -2.38. The van der Waals surface area contributed by atoms with Crippen molar-refractivity contribution in [3.63, 3.8) is 0 Å². The summed E-state index contributed by atoms with van der Waals surface area (Å²) < 4.78 is 17.3. The van der Waals surface area contributed by atoms with Gasteiger partial charge in [-0.3, -0.25) is 0 Å². The topological polar surface area (TPSA) is 83.8 Å². The first kappa shape index (κ1) is 20.1. The van der Waals surface area contributed by atoms with E-state index in [4.69, 9.17) is 19.3 Å². The molecule has 2 aliphatic heterocycles. The molecule has 0 radical (unpaired) electrons. The molecule has 2 unspecified atom stereocenters. The number of phenolic OH excluding ortho intramolecular Hbond substituents is 2. The van der Waals surface area contributed by atoms with Crippen molar-refractivity contribution in [1.82, 2.24) is 5.01 Å². The number of benzene rings is 3. The molecule has 0 aromatic heterocycles. The van der Waals surface area contributed by atoms with E-state index < -0.39 is 6.23 Å². The molecular formula is C25H24N2O5. The molecule has 32 heavy (non-hydrogen) atoms. The summed E-state index contributed by atoms with van der Waals surface area (Å²) in [7, 11) is 3.12. The maximum absolute atomic E-state index is 10.5. The maximum atomic E-state index is 10.5. The zero-order valence-electron chi connectivity index (χ0n) is 18.1. The van der Waals surface area contributed by atoms with Gasteiger partial charge in [0.2, 0.25) is 6.23 Å². The third-order valence-corrected chi connectivity index (χ3v) is 5.95. The molecule has 2 aliphatic rings. The number of rotatable bonds is 4. The Morgan fingerprint density at radius 2 is 1.75 bits per heavy atom. The molecule has 2 atom stereocenters. The van der Waals surface area contributed by atoms with E-state index in [9.17, 15) is 10.2 Å². The van der Waals surface area contributed by atoms with Crippen LogP contribution in [-0.4, -0.2) is 35.2 Å². The third kappa shape index (κ3) is 3.17. The van der Waals surface area contributed by atoms with Gasteiger partial charge in [0.1, 0.15) is 5.75 Å². The number of hydrazone groups is 1. The molecule has 0 fully saturated rings. The first-order valence-electron chi connectivity index (χ1n) is 10.4. The van der Waals surface area contributed by atoms with Crippen LogP contribution in [0.2, 0.25) is 0 Å². The Bertz CT molecular complexity index is 1220. The van der Waals surface area contributed by atoms with Crippen molar-refractivity contribution in [3.05, 3.63) is 76.9 Å². The minimum absolute atomic E-state index is 0.0527. The lowest BCUT2D eigenvalue weighted by Crippen LogP contribution is -2.33. The highest BCUT2D eigenvalue weighted by molar-refractivity contribution is 6.04. The fourth-order valence-corrected chi connectivity index (χ4v) is 4.36. The number of phenols is 2. The standard InChI is InChI=1S/C25H24N2O5/c1-14-7-9-20(28)17(11-14)18-13-19-16-5-4-6-22(30-2)24(16)32-25(27(19)26-18)15-8-10-21(29)23(12-15)31-3/h4-12,19,25,28-29H,13H2,1-3H3. The highest BCUT2D eigenvalue weighted by Gasteiger charge is 2.42. The zero-order valence-corrected chi connectivity index (χ0v) is 18.1. The van der Waals surface area contributed by atoms with E-state index in [2.05, 4.69) is 0 Å². The lowest BCUT2D eigenvalue weighted by molar-refractivity contribution is -0.0210. The molecule has 3 aromatic carbocycles. The minimum Gasteiger partial charge on any atom is -0.507 e. The second kappa shape index (κ2) is 7.67. The summed E-state index contributed by atoms with van der Waals surface area (Å²) in [6.45, 7) is 1.99. The highest BCUT2D eigenvalue weighted by atomic mass is 16.5. The van der Waals surface area contributed by atoms with E-state index in [0.717, 1.165) is 22.4 Å². The summed E-state index contributed by atoms with van der Waals surface area (Å²) in [6.07, 6.45) is 0.0365. The predicted molar refractivity (Wildman–Crippen MR) is 120 cm³/mol. The number of hydrogen-bond donors (Lipinski definition) is 2. The lowest BCUT2D eigenvalue weighted by atomic mass is 9.94. The van der Waals surface area contributed by atoms with Crippen LogP contribution in [0.1, 0.15) is 40.9 Å². The average Bonchev–Trinajstić information content (AvgIpc) is 3.25. The van der Waals surface area contributed by atoms with Gasteiger partial charge in [-0.25, -0.2) is 5.01 Å². The Labute approximate surface area is 186 Å². The van der Waals surface area contributed by atoms with E-state index in [0.29, 0.717) is 29.2 Å². The molecule has 164 valence electrons. The van der Waals surface area contributed by atoms with E-state index in [1.807, 2.05) is 42.3 Å². The van der Waals surface area contributed by atoms with E-state index in [-0.39, 0.29) is 17.5 Å². The van der Waals surface area contributed by atoms with Crippen LogP contribution in [0.15, 0.2) is 59.7 Å². The fourth-order valence-electron chi connectivity index (χ4n) is 4.36. The van der Waals surface area contributed by atoms with E-state index >= 15 is 0 Å². The van der Waals surface area contributed by atoms with Gasteiger partial charge >= 0.3 is 0 Å². The number of fused-ring (bicyclic) bond motifs is 3. The smallest absolute Gasteiger partial charge is 0.214 e. The van der Waals surface area contributed by atoms with Crippen molar-refractivity contribution in [1.29, 1.82) is 0 Å². The monoisotopic (exact) mass is 432 g/mol. The molecule has 0 bridgehead atoms. The quantitative estimate of drug-likeness (QED) is 0.624. The van der Waals surface area contributed by atoms with Crippen LogP contribution in [0, 0.1) is 6.92 Å². The molecular weight excluding hydrogens is 408 g/mol. The van der Waals surface area contributed by atoms with Crippen molar-refractivity contribution in [3.8, 4) is 28.7 Å². The maximum Gasteiger partial charge on any atom is 0.214 e. The van der Waals surface area contributed by atoms with Crippen LogP contribution in [0.5, 0.6) is 28.7 Å². The summed E-state index contributed by atoms with van der Waals surface area (Å²) in [6, 6.07) is 16.3. The van der Waals surface area contributed by atoms with Gasteiger partial charge in [0.05, 0.1) is 26.0 Å². The molecule has 5 rings (SSSR count). The number of aromatic hydroxyl groups is 2. The highest BCUT2D eigenvalue weighted by Crippen LogP contribution is 2.51. The van der Waals surface area contributed by atoms with Crippen LogP contribution in [0.4, 0.5) is 0 Å². The normalized spacial score (nSPS) is 19.0. The van der Waals surface area contributed by atoms with Crippen molar-refractivity contribution in [2.45, 2.75) is 25.6 Å². The molecule has 2 N–H and O–H groups in total. The molecule has 7 nitrogen and oxygen atoms in total. The van der Waals surface area contributed by atoms with Gasteiger partial charge in [0.25, 0.3) is 0 Å². The summed E-state index contributed by atoms with van der Waals surface area (Å²) in [5.41, 5.74) is 4.29. The van der Waals surface area contributed by atoms with E-state index in [1.54, 1.807) is 31.4 Å². The van der Waals surface area contributed by atoms with E-state index in [1.165, 1.54) is 7.11 Å². The second-order valence-electron chi connectivity index (χ2n) is 7.95. The van der Waals surface area contributed by atoms with Gasteiger partial charge in [-0.15, -0.1) is 0 Å². The van der Waals surface area contributed by atoms with Gasteiger partial charge in [0.15, 0.2) is 23.0 Å². The second-order valence-corrected chi connectivity index (χ2v) is 7.95. The molecule has 0 saturated carbocycles. The van der Waals surface area contributed by atoms with Crippen LogP contribution in [-0.2, 0) is 0 Å². The van der Waals surface area contributed by atoms with Crippen LogP contribution in [0.25, 0.3) is 0 Å². The van der Waals surface area contributed by atoms with Crippen molar-refractivity contribution >= 4 is 5.71 Å². The van der Waals surface area contributed by atoms with Gasteiger partial charge in [-0.2, -0.15) is 5.10 Å². The molecule has 0 amide bonds. The number of ether oxygens (including phenoxy) is 3. The SMILES string of the molecule is COc1cc(C2Oc3c(OC)cccc3C3CC(c4cc(C)ccc4O)=NN32)ccc1O. The van der Waals surface area contributed by atoms with Crippen molar-refractivity contribution in [2.24, 2.45) is 5.10 Å². The molecule has 0 spiro atoms. The van der Waals surface area contributed by atoms with Crippen LogP contribution >= 0.6 is 0 Å². The molecule has 0 aliphatic carbocycles. The predicted octanol–water partition coefficient (Wildman–Crippen LogP) is 4.67. The van der Waals surface area contributed by atoms with Gasteiger partial charge < -0.3 is 24.4 Å². The fraction of sp³-hybridized carbons (Fsp3) is 0.240. The minimum atomic E-state index is -0.567. The average molecular weight is 432 g/mol. The van der Waals surface area contributed by atoms with Gasteiger partial charge in [0, 0.05) is 23.1 Å². The number of hydrogen-bond acceptors (Lipinski definition) is 7. The first-order valence-corrected chi connectivity index (χ1v) is 10.4. The van der Waals surface area contributed by atoms with Crippen molar-refractivity contribution < 1.29 is 24.4 Å². The van der Waals surface area contributed by atoms with Crippen LogP contribution in [0.3, 0.4) is 0 Å². The molecule has 3 aromatic rings. The van der Waals surface area contributed by atoms with Crippen LogP contribution < -0.4 is 14.2 Å². The Hall–Kier alpha value is -3.87. The number of para-hydroxylation sites is 1. The van der Waals surface area contributed by atoms with Gasteiger partial charge in [-0.05, 0) is 43.3 Å². The molecule has 2 heterocycles. The number of methoxy groups -OCH3 is 2. The zero-order chi connectivity index (χ0) is 22.4. The Morgan fingerprint density at radius 3 is 2.53 bits per heavy atom. The number of aryl methyl sites for hydroxylation is 1. The summed E-state index contributed by atoms with van der Waals surface area (Å²) in [5.74, 6) is 1.91.